The molecule has 0 atom stereocenters. The Hall–Kier alpha value is -2.76. The normalized spacial score (nSPS) is 14.3. The quantitative estimate of drug-likeness (QED) is 0.780. The molecule has 1 fully saturated rings. The number of hydrogen-bond donors (Lipinski definition) is 2. The Morgan fingerprint density at radius 1 is 1.30 bits per heavy atom. The van der Waals surface area contributed by atoms with E-state index in [-0.39, 0.29) is 11.3 Å². The topological polar surface area (TPSA) is 71.6 Å². The average Bonchev–Trinajstić information content (AvgIpc) is 3.29. The summed E-state index contributed by atoms with van der Waals surface area (Å²) in [6.07, 6.45) is 6.07. The molecule has 0 radical (unpaired) electrons. The van der Waals surface area contributed by atoms with Crippen LogP contribution in [0.4, 0.5) is 11.5 Å². The van der Waals surface area contributed by atoms with Gasteiger partial charge in [-0.2, -0.15) is 0 Å². The van der Waals surface area contributed by atoms with E-state index in [1.54, 1.807) is 34.3 Å². The molecule has 0 aliphatic heterocycles. The molecule has 0 bridgehead atoms. The predicted octanol–water partition coefficient (Wildman–Crippen LogP) is 2.67. The van der Waals surface area contributed by atoms with Crippen molar-refractivity contribution in [3.05, 3.63) is 52.2 Å². The van der Waals surface area contributed by atoms with Gasteiger partial charge in [0.2, 0.25) is 0 Å². The molecule has 3 aromatic rings. The first-order chi connectivity index (χ1) is 11.0. The van der Waals surface area contributed by atoms with Gasteiger partial charge in [0.25, 0.3) is 5.56 Å². The smallest absolute Gasteiger partial charge is 0.274 e. The molecule has 23 heavy (non-hydrogen) atoms. The maximum absolute atomic E-state index is 12.3. The summed E-state index contributed by atoms with van der Waals surface area (Å²) >= 11 is 0. The van der Waals surface area contributed by atoms with Crippen LogP contribution in [0.1, 0.15) is 30.0 Å². The largest absolute Gasteiger partial charge is 0.506 e. The lowest BCUT2D eigenvalue weighted by molar-refractivity contribution is 0.466. The lowest BCUT2D eigenvalue weighted by Crippen LogP contribution is -2.20. The molecular formula is C17H18N4O2. The van der Waals surface area contributed by atoms with E-state index in [2.05, 4.69) is 10.3 Å². The number of aryl methyl sites for hydroxylation is 2. The van der Waals surface area contributed by atoms with Crippen LogP contribution in [-0.4, -0.2) is 19.1 Å². The minimum atomic E-state index is -0.0778. The minimum absolute atomic E-state index is 0.0778. The molecule has 6 nitrogen and oxygen atoms in total. The summed E-state index contributed by atoms with van der Waals surface area (Å²) in [5.41, 5.74) is 3.07. The monoisotopic (exact) mass is 310 g/mol. The molecular weight excluding hydrogens is 292 g/mol. The summed E-state index contributed by atoms with van der Waals surface area (Å²) in [7, 11) is 1.77. The zero-order chi connectivity index (χ0) is 16.1. The first-order valence-electron chi connectivity index (χ1n) is 7.68. The summed E-state index contributed by atoms with van der Waals surface area (Å²) in [6.45, 7) is 1.82. The van der Waals surface area contributed by atoms with Gasteiger partial charge in [0, 0.05) is 13.2 Å². The molecule has 0 spiro atoms. The van der Waals surface area contributed by atoms with E-state index in [1.807, 2.05) is 19.2 Å². The fourth-order valence-corrected chi connectivity index (χ4v) is 2.84. The van der Waals surface area contributed by atoms with Crippen LogP contribution in [0.15, 0.2) is 35.4 Å². The highest BCUT2D eigenvalue weighted by Gasteiger charge is 2.25. The molecule has 2 N–H and O–H groups in total. The molecule has 3 heterocycles. The lowest BCUT2D eigenvalue weighted by Gasteiger charge is -2.08. The number of anilines is 2. The summed E-state index contributed by atoms with van der Waals surface area (Å²) in [6, 6.07) is 5.29. The first-order valence-corrected chi connectivity index (χ1v) is 7.68. The van der Waals surface area contributed by atoms with Gasteiger partial charge >= 0.3 is 0 Å². The van der Waals surface area contributed by atoms with Gasteiger partial charge in [-0.05, 0) is 49.4 Å². The van der Waals surface area contributed by atoms with Crippen molar-refractivity contribution < 1.29 is 5.11 Å². The lowest BCUT2D eigenvalue weighted by atomic mass is 10.2. The molecule has 6 heteroatoms. The molecule has 0 unspecified atom stereocenters. The zero-order valence-corrected chi connectivity index (χ0v) is 13.1. The maximum atomic E-state index is 12.3. The van der Waals surface area contributed by atoms with Crippen molar-refractivity contribution in [1.29, 1.82) is 0 Å². The van der Waals surface area contributed by atoms with E-state index in [0.29, 0.717) is 23.1 Å². The molecule has 118 valence electrons. The maximum Gasteiger partial charge on any atom is 0.274 e. The van der Waals surface area contributed by atoms with Crippen molar-refractivity contribution in [2.24, 2.45) is 7.05 Å². The molecule has 0 saturated heterocycles. The van der Waals surface area contributed by atoms with Gasteiger partial charge in [0.05, 0.1) is 11.9 Å². The van der Waals surface area contributed by atoms with E-state index < -0.39 is 0 Å². The van der Waals surface area contributed by atoms with Gasteiger partial charge in [0.1, 0.15) is 22.9 Å². The Morgan fingerprint density at radius 3 is 2.83 bits per heavy atom. The highest BCUT2D eigenvalue weighted by molar-refractivity contribution is 5.60. The third-order valence-electron chi connectivity index (χ3n) is 4.37. The Labute approximate surface area is 133 Å². The van der Waals surface area contributed by atoms with Crippen LogP contribution in [0.25, 0.3) is 5.65 Å². The number of rotatable bonds is 3. The number of fused-ring (bicyclic) bond motifs is 1. The molecule has 4 rings (SSSR count). The second-order valence-corrected chi connectivity index (χ2v) is 6.16. The number of nitrogens with zero attached hydrogens (tertiary/aromatic N) is 3. The number of aromatic nitrogens is 3. The van der Waals surface area contributed by atoms with Crippen molar-refractivity contribution in [1.82, 2.24) is 14.0 Å². The number of nitrogens with one attached hydrogen (secondary N) is 1. The Kier molecular flexibility index (Phi) is 2.94. The molecule has 3 aromatic heterocycles. The van der Waals surface area contributed by atoms with E-state index >= 15 is 0 Å². The van der Waals surface area contributed by atoms with Crippen LogP contribution in [0.3, 0.4) is 0 Å². The zero-order valence-electron chi connectivity index (χ0n) is 13.1. The van der Waals surface area contributed by atoms with E-state index in [0.717, 1.165) is 5.65 Å². The summed E-state index contributed by atoms with van der Waals surface area (Å²) < 4.78 is 3.41. The number of hydrogen-bond acceptors (Lipinski definition) is 4. The van der Waals surface area contributed by atoms with Gasteiger partial charge < -0.3 is 15.0 Å². The van der Waals surface area contributed by atoms with Crippen molar-refractivity contribution in [3.63, 3.8) is 0 Å². The Bertz CT molecular complexity index is 967. The first kappa shape index (κ1) is 13.9. The standard InChI is InChI=1S/C17H18N4O2/c1-10-14(22)5-6-16-19-15(9-21(10)16)18-13-7-12(11-3-4-11)8-20(2)17(13)23/h5-9,11,18,22H,3-4H2,1-2H3. The number of pyridine rings is 2. The van der Waals surface area contributed by atoms with Crippen LogP contribution >= 0.6 is 0 Å². The van der Waals surface area contributed by atoms with Crippen LogP contribution in [-0.2, 0) is 7.05 Å². The molecule has 1 aliphatic rings. The summed E-state index contributed by atoms with van der Waals surface area (Å²) in [4.78, 5) is 16.8. The number of aromatic hydroxyl groups is 1. The Balaban J connectivity index is 1.76. The SMILES string of the molecule is Cc1c(O)ccc2nc(Nc3cc(C4CC4)cn(C)c3=O)cn12. The van der Waals surface area contributed by atoms with Crippen LogP contribution in [0, 0.1) is 6.92 Å². The highest BCUT2D eigenvalue weighted by Crippen LogP contribution is 2.40. The third-order valence-corrected chi connectivity index (χ3v) is 4.37. The van der Waals surface area contributed by atoms with Crippen molar-refractivity contribution in [3.8, 4) is 5.75 Å². The van der Waals surface area contributed by atoms with Crippen molar-refractivity contribution in [2.75, 3.05) is 5.32 Å². The number of imidazole rings is 1. The van der Waals surface area contributed by atoms with Gasteiger partial charge in [-0.15, -0.1) is 0 Å². The molecule has 1 saturated carbocycles. The van der Waals surface area contributed by atoms with Crippen LogP contribution in [0.2, 0.25) is 0 Å². The van der Waals surface area contributed by atoms with Gasteiger partial charge in [-0.25, -0.2) is 4.98 Å². The van der Waals surface area contributed by atoms with Crippen molar-refractivity contribution >= 4 is 17.2 Å². The van der Waals surface area contributed by atoms with E-state index in [1.165, 1.54) is 18.4 Å². The fourth-order valence-electron chi connectivity index (χ4n) is 2.84. The average molecular weight is 310 g/mol. The van der Waals surface area contributed by atoms with Crippen molar-refractivity contribution in [2.45, 2.75) is 25.7 Å². The summed E-state index contributed by atoms with van der Waals surface area (Å²) in [5.74, 6) is 1.37. The predicted molar refractivity (Wildman–Crippen MR) is 88.5 cm³/mol. The third kappa shape index (κ3) is 2.36. The fraction of sp³-hybridized carbons (Fsp3) is 0.294. The van der Waals surface area contributed by atoms with Crippen LogP contribution in [0.5, 0.6) is 5.75 Å². The molecule has 0 amide bonds. The molecule has 0 aromatic carbocycles. The second kappa shape index (κ2) is 4.87. The van der Waals surface area contributed by atoms with Gasteiger partial charge in [-0.3, -0.25) is 9.20 Å². The van der Waals surface area contributed by atoms with E-state index in [9.17, 15) is 9.90 Å². The Morgan fingerprint density at radius 2 is 2.09 bits per heavy atom. The van der Waals surface area contributed by atoms with Gasteiger partial charge in [0.15, 0.2) is 0 Å². The highest BCUT2D eigenvalue weighted by atomic mass is 16.3. The second-order valence-electron chi connectivity index (χ2n) is 6.16. The minimum Gasteiger partial charge on any atom is -0.506 e. The van der Waals surface area contributed by atoms with E-state index in [4.69, 9.17) is 0 Å². The van der Waals surface area contributed by atoms with Crippen LogP contribution < -0.4 is 10.9 Å². The summed E-state index contributed by atoms with van der Waals surface area (Å²) in [5, 5.41) is 12.9. The van der Waals surface area contributed by atoms with Gasteiger partial charge in [-0.1, -0.05) is 0 Å². The molecule has 1 aliphatic carbocycles.